The fourth-order valence-electron chi connectivity index (χ4n) is 3.13. The number of benzene rings is 1. The number of ether oxygens (including phenoxy) is 1. The van der Waals surface area contributed by atoms with Crippen molar-refractivity contribution in [2.75, 3.05) is 53.2 Å². The van der Waals surface area contributed by atoms with Crippen molar-refractivity contribution in [3.8, 4) is 11.3 Å². The van der Waals surface area contributed by atoms with Crippen LogP contribution in [-0.2, 0) is 14.8 Å². The second-order valence-electron chi connectivity index (χ2n) is 7.09. The second-order valence-corrected chi connectivity index (χ2v) is 8.84. The van der Waals surface area contributed by atoms with Gasteiger partial charge in [0.05, 0.1) is 30.9 Å². The number of nitrogens with zero attached hydrogens (tertiary/aromatic N) is 4. The number of sulfonamides is 1. The van der Waals surface area contributed by atoms with Gasteiger partial charge in [0.15, 0.2) is 0 Å². The Morgan fingerprint density at radius 2 is 1.84 bits per heavy atom. The molecule has 0 amide bonds. The molecule has 31 heavy (non-hydrogen) atoms. The largest absolute Gasteiger partial charge is 0.384 e. The van der Waals surface area contributed by atoms with Crippen molar-refractivity contribution in [1.82, 2.24) is 15.0 Å². The predicted octanol–water partition coefficient (Wildman–Crippen LogP) is 2.07. The van der Waals surface area contributed by atoms with Crippen molar-refractivity contribution in [2.45, 2.75) is 0 Å². The highest BCUT2D eigenvalue weighted by atomic mass is 32.2. The Balaban J connectivity index is 1.68. The van der Waals surface area contributed by atoms with E-state index >= 15 is 0 Å². The van der Waals surface area contributed by atoms with Gasteiger partial charge in [-0.1, -0.05) is 6.07 Å². The molecule has 0 aliphatic carbocycles. The maximum absolute atomic E-state index is 11.5. The number of pyridine rings is 1. The van der Waals surface area contributed by atoms with E-state index in [0.717, 1.165) is 11.8 Å². The molecule has 0 unspecified atom stereocenters. The van der Waals surface area contributed by atoms with Gasteiger partial charge in [0, 0.05) is 36.6 Å². The summed E-state index contributed by atoms with van der Waals surface area (Å²) in [6.07, 6.45) is 2.78. The summed E-state index contributed by atoms with van der Waals surface area (Å²) in [6, 6.07) is 12.3. The summed E-state index contributed by atoms with van der Waals surface area (Å²) in [4.78, 5) is 15.6. The molecule has 1 aliphatic heterocycles. The zero-order chi connectivity index (χ0) is 21.8. The van der Waals surface area contributed by atoms with E-state index in [9.17, 15) is 8.42 Å². The van der Waals surface area contributed by atoms with Crippen molar-refractivity contribution in [3.63, 3.8) is 0 Å². The van der Waals surface area contributed by atoms with Crippen molar-refractivity contribution >= 4 is 39.0 Å². The van der Waals surface area contributed by atoms with Gasteiger partial charge >= 0.3 is 0 Å². The highest BCUT2D eigenvalue weighted by Crippen LogP contribution is 2.26. The van der Waals surface area contributed by atoms with Gasteiger partial charge in [0.1, 0.15) is 11.6 Å². The SMILES string of the molecule is CS(=O)(=O)Nc1cccc(Nc2cc(-c3ccc(N)nc3)nc(N3CCOCC3)n2)c1. The third-order valence-electron chi connectivity index (χ3n) is 4.53. The Morgan fingerprint density at radius 3 is 2.55 bits per heavy atom. The van der Waals surface area contributed by atoms with Crippen molar-refractivity contribution in [3.05, 3.63) is 48.7 Å². The van der Waals surface area contributed by atoms with Crippen molar-refractivity contribution in [2.24, 2.45) is 0 Å². The number of nitrogens with two attached hydrogens (primary N) is 1. The zero-order valence-corrected chi connectivity index (χ0v) is 17.8. The summed E-state index contributed by atoms with van der Waals surface area (Å²) in [5, 5.41) is 3.24. The molecule has 1 saturated heterocycles. The summed E-state index contributed by atoms with van der Waals surface area (Å²) in [5.74, 6) is 1.57. The number of aromatic nitrogens is 3. The predicted molar refractivity (Wildman–Crippen MR) is 121 cm³/mol. The molecule has 1 fully saturated rings. The molecule has 11 heteroatoms. The van der Waals surface area contributed by atoms with E-state index in [1.54, 1.807) is 30.5 Å². The maximum atomic E-state index is 11.5. The first-order valence-electron chi connectivity index (χ1n) is 9.64. The lowest BCUT2D eigenvalue weighted by molar-refractivity contribution is 0.122. The number of hydrogen-bond acceptors (Lipinski definition) is 9. The molecular weight excluding hydrogens is 418 g/mol. The molecule has 4 N–H and O–H groups in total. The van der Waals surface area contributed by atoms with Crippen LogP contribution in [-0.4, -0.2) is 55.9 Å². The van der Waals surface area contributed by atoms with E-state index in [-0.39, 0.29) is 0 Å². The molecule has 10 nitrogen and oxygen atoms in total. The van der Waals surface area contributed by atoms with Crippen LogP contribution < -0.4 is 20.7 Å². The normalized spacial score (nSPS) is 14.3. The van der Waals surface area contributed by atoms with Gasteiger partial charge in [0.2, 0.25) is 16.0 Å². The van der Waals surface area contributed by atoms with Crippen LogP contribution in [0.25, 0.3) is 11.3 Å². The number of morpholine rings is 1. The molecule has 3 heterocycles. The van der Waals surface area contributed by atoms with Gasteiger partial charge in [-0.05, 0) is 30.3 Å². The molecule has 0 spiro atoms. The van der Waals surface area contributed by atoms with Gasteiger partial charge in [-0.25, -0.2) is 18.4 Å². The van der Waals surface area contributed by atoms with Gasteiger partial charge in [-0.2, -0.15) is 4.98 Å². The molecule has 1 aliphatic rings. The average Bonchev–Trinajstić information content (AvgIpc) is 2.74. The minimum absolute atomic E-state index is 0.430. The van der Waals surface area contributed by atoms with Crippen LogP contribution in [0.5, 0.6) is 0 Å². The molecule has 1 aromatic carbocycles. The van der Waals surface area contributed by atoms with Crippen molar-refractivity contribution in [1.29, 1.82) is 0 Å². The highest BCUT2D eigenvalue weighted by molar-refractivity contribution is 7.92. The van der Waals surface area contributed by atoms with E-state index in [4.69, 9.17) is 15.5 Å². The van der Waals surface area contributed by atoms with Gasteiger partial charge < -0.3 is 20.7 Å². The average molecular weight is 442 g/mol. The van der Waals surface area contributed by atoms with E-state index in [1.165, 1.54) is 0 Å². The fourth-order valence-corrected chi connectivity index (χ4v) is 3.69. The van der Waals surface area contributed by atoms with E-state index < -0.39 is 10.0 Å². The molecule has 4 rings (SSSR count). The summed E-state index contributed by atoms with van der Waals surface area (Å²) >= 11 is 0. The Kier molecular flexibility index (Phi) is 5.87. The third-order valence-corrected chi connectivity index (χ3v) is 5.14. The maximum Gasteiger partial charge on any atom is 0.229 e. The summed E-state index contributed by atoms with van der Waals surface area (Å²) in [5.41, 5.74) is 8.35. The van der Waals surface area contributed by atoms with E-state index in [1.807, 2.05) is 18.2 Å². The van der Waals surface area contributed by atoms with Gasteiger partial charge in [-0.15, -0.1) is 0 Å². The second kappa shape index (κ2) is 8.74. The first-order chi connectivity index (χ1) is 14.9. The van der Waals surface area contributed by atoms with Crippen LogP contribution in [0.1, 0.15) is 0 Å². The van der Waals surface area contributed by atoms with Gasteiger partial charge in [-0.3, -0.25) is 4.72 Å². The molecule has 0 bridgehead atoms. The smallest absolute Gasteiger partial charge is 0.229 e. The number of anilines is 5. The standard InChI is InChI=1S/C20H23N7O3S/c1-31(28,29)26-16-4-2-3-15(11-16)23-19-12-17(14-5-6-18(21)22-13-14)24-20(25-19)27-7-9-30-10-8-27/h2-6,11-13,26H,7-10H2,1H3,(H2,21,22)(H,23,24,25). The van der Waals surface area contributed by atoms with Crippen LogP contribution in [0.4, 0.5) is 29.0 Å². The summed E-state index contributed by atoms with van der Waals surface area (Å²) < 4.78 is 31.0. The lowest BCUT2D eigenvalue weighted by Crippen LogP contribution is -2.37. The number of nitrogen functional groups attached to an aromatic ring is 1. The summed E-state index contributed by atoms with van der Waals surface area (Å²) in [6.45, 7) is 2.60. The van der Waals surface area contributed by atoms with Crippen LogP contribution in [0.2, 0.25) is 0 Å². The molecule has 0 atom stereocenters. The Labute approximate surface area is 180 Å². The monoisotopic (exact) mass is 441 g/mol. The molecule has 3 aromatic rings. The zero-order valence-electron chi connectivity index (χ0n) is 16.9. The van der Waals surface area contributed by atoms with Crippen LogP contribution in [0.3, 0.4) is 0 Å². The molecule has 0 radical (unpaired) electrons. The van der Waals surface area contributed by atoms with Gasteiger partial charge in [0.25, 0.3) is 0 Å². The van der Waals surface area contributed by atoms with E-state index in [2.05, 4.69) is 24.9 Å². The first-order valence-corrected chi connectivity index (χ1v) is 11.5. The molecule has 0 saturated carbocycles. The third kappa shape index (κ3) is 5.58. The minimum atomic E-state index is -3.37. The lowest BCUT2D eigenvalue weighted by atomic mass is 10.2. The molecule has 2 aromatic heterocycles. The Morgan fingerprint density at radius 1 is 1.06 bits per heavy atom. The first kappa shape index (κ1) is 20.8. The number of rotatable bonds is 6. The van der Waals surface area contributed by atoms with E-state index in [0.29, 0.717) is 61.0 Å². The Bertz CT molecular complexity index is 1160. The number of hydrogen-bond donors (Lipinski definition) is 3. The van der Waals surface area contributed by atoms with Crippen LogP contribution in [0.15, 0.2) is 48.7 Å². The lowest BCUT2D eigenvalue weighted by Gasteiger charge is -2.27. The highest BCUT2D eigenvalue weighted by Gasteiger charge is 2.17. The fraction of sp³-hybridized carbons (Fsp3) is 0.250. The quantitative estimate of drug-likeness (QED) is 0.525. The topological polar surface area (TPSA) is 135 Å². The Hall–Kier alpha value is -3.44. The molecule has 162 valence electrons. The molecular formula is C20H23N7O3S. The van der Waals surface area contributed by atoms with Crippen LogP contribution >= 0.6 is 0 Å². The van der Waals surface area contributed by atoms with Crippen LogP contribution in [0, 0.1) is 0 Å². The summed E-state index contributed by atoms with van der Waals surface area (Å²) in [7, 11) is -3.37. The van der Waals surface area contributed by atoms with Crippen molar-refractivity contribution < 1.29 is 13.2 Å². The minimum Gasteiger partial charge on any atom is -0.384 e. The number of nitrogens with one attached hydrogen (secondary N) is 2.